The molecule has 0 spiro atoms. The van der Waals surface area contributed by atoms with Crippen molar-refractivity contribution in [2.45, 2.75) is 20.3 Å². The Morgan fingerprint density at radius 2 is 2.05 bits per heavy atom. The fourth-order valence-corrected chi connectivity index (χ4v) is 2.53. The van der Waals surface area contributed by atoms with E-state index in [2.05, 4.69) is 15.5 Å². The molecule has 4 nitrogen and oxygen atoms in total. The van der Waals surface area contributed by atoms with E-state index in [9.17, 15) is 4.79 Å². The fourth-order valence-electron chi connectivity index (χ4n) is 2.53. The molecule has 2 N–H and O–H groups in total. The summed E-state index contributed by atoms with van der Waals surface area (Å²) in [4.78, 5) is 14.6. The number of carbonyl (C=O) groups is 1. The summed E-state index contributed by atoms with van der Waals surface area (Å²) in [6.45, 7) is 10.2. The average molecular weight is 275 g/mol. The molecule has 0 radical (unpaired) electrons. The lowest BCUT2D eigenvalue weighted by Crippen LogP contribution is -2.44. The van der Waals surface area contributed by atoms with Crippen LogP contribution in [0.25, 0.3) is 0 Å². The van der Waals surface area contributed by atoms with Gasteiger partial charge in [0, 0.05) is 38.3 Å². The topological polar surface area (TPSA) is 44.4 Å². The molecule has 1 aromatic carbocycles. The molecule has 1 aliphatic rings. The van der Waals surface area contributed by atoms with E-state index in [1.165, 1.54) is 5.56 Å². The van der Waals surface area contributed by atoms with Crippen molar-refractivity contribution in [3.05, 3.63) is 34.9 Å². The minimum Gasteiger partial charge on any atom is -0.352 e. The predicted molar refractivity (Wildman–Crippen MR) is 82.2 cm³/mol. The van der Waals surface area contributed by atoms with Crippen LogP contribution < -0.4 is 10.6 Å². The molecule has 0 bridgehead atoms. The monoisotopic (exact) mass is 275 g/mol. The van der Waals surface area contributed by atoms with E-state index in [1.54, 1.807) is 0 Å². The zero-order valence-corrected chi connectivity index (χ0v) is 12.5. The molecule has 0 unspecified atom stereocenters. The minimum absolute atomic E-state index is 0.0477. The van der Waals surface area contributed by atoms with E-state index in [1.807, 2.05) is 32.0 Å². The van der Waals surface area contributed by atoms with E-state index in [-0.39, 0.29) is 5.91 Å². The van der Waals surface area contributed by atoms with Crippen LogP contribution in [0.3, 0.4) is 0 Å². The van der Waals surface area contributed by atoms with Crippen LogP contribution in [0.2, 0.25) is 0 Å². The molecule has 1 fully saturated rings. The number of amides is 1. The second-order valence-corrected chi connectivity index (χ2v) is 5.45. The largest absolute Gasteiger partial charge is 0.352 e. The van der Waals surface area contributed by atoms with Gasteiger partial charge < -0.3 is 15.5 Å². The highest BCUT2D eigenvalue weighted by Crippen LogP contribution is 2.12. The van der Waals surface area contributed by atoms with Crippen LogP contribution in [0.5, 0.6) is 0 Å². The molecule has 20 heavy (non-hydrogen) atoms. The van der Waals surface area contributed by atoms with Crippen molar-refractivity contribution < 1.29 is 4.79 Å². The van der Waals surface area contributed by atoms with Crippen molar-refractivity contribution in [2.75, 3.05) is 39.3 Å². The van der Waals surface area contributed by atoms with E-state index in [0.717, 1.165) is 56.8 Å². The fraction of sp³-hybridized carbons (Fsp3) is 0.562. The van der Waals surface area contributed by atoms with E-state index < -0.39 is 0 Å². The van der Waals surface area contributed by atoms with Gasteiger partial charge in [0.15, 0.2) is 0 Å². The number of nitrogens with one attached hydrogen (secondary N) is 2. The van der Waals surface area contributed by atoms with Gasteiger partial charge in [-0.2, -0.15) is 0 Å². The van der Waals surface area contributed by atoms with Gasteiger partial charge in [0.2, 0.25) is 0 Å². The third-order valence-electron chi connectivity index (χ3n) is 4.00. The molecule has 4 heteroatoms. The quantitative estimate of drug-likeness (QED) is 0.797. The summed E-state index contributed by atoms with van der Waals surface area (Å²) in [6, 6.07) is 5.88. The van der Waals surface area contributed by atoms with Gasteiger partial charge in [-0.05, 0) is 44.0 Å². The molecule has 1 amide bonds. The maximum atomic E-state index is 12.1. The maximum absolute atomic E-state index is 12.1. The van der Waals surface area contributed by atoms with Crippen LogP contribution in [-0.4, -0.2) is 50.1 Å². The number of piperazine rings is 1. The number of rotatable bonds is 5. The van der Waals surface area contributed by atoms with E-state index >= 15 is 0 Å². The van der Waals surface area contributed by atoms with Gasteiger partial charge in [-0.1, -0.05) is 12.1 Å². The summed E-state index contributed by atoms with van der Waals surface area (Å²) >= 11 is 0. The number of aryl methyl sites for hydroxylation is 1. The lowest BCUT2D eigenvalue weighted by Gasteiger charge is -2.27. The minimum atomic E-state index is 0.0477. The van der Waals surface area contributed by atoms with Crippen LogP contribution in [-0.2, 0) is 0 Å². The highest BCUT2D eigenvalue weighted by molar-refractivity contribution is 5.95. The van der Waals surface area contributed by atoms with Crippen LogP contribution >= 0.6 is 0 Å². The summed E-state index contributed by atoms with van der Waals surface area (Å²) in [5.41, 5.74) is 3.04. The highest BCUT2D eigenvalue weighted by Gasteiger charge is 2.11. The molecule has 1 aromatic rings. The Kier molecular flexibility index (Phi) is 5.56. The van der Waals surface area contributed by atoms with E-state index in [0.29, 0.717) is 0 Å². The van der Waals surface area contributed by atoms with Gasteiger partial charge in [0.25, 0.3) is 5.91 Å². The molecule has 0 atom stereocenters. The first-order valence-corrected chi connectivity index (χ1v) is 7.46. The Bertz CT molecular complexity index is 453. The van der Waals surface area contributed by atoms with Gasteiger partial charge in [0.1, 0.15) is 0 Å². The second-order valence-electron chi connectivity index (χ2n) is 5.45. The van der Waals surface area contributed by atoms with Crippen molar-refractivity contribution in [3.8, 4) is 0 Å². The number of hydrogen-bond donors (Lipinski definition) is 2. The van der Waals surface area contributed by atoms with Gasteiger partial charge in [-0.25, -0.2) is 0 Å². The SMILES string of the molecule is Cc1cccc(C(=O)NCCCN2CCNCC2)c1C. The van der Waals surface area contributed by atoms with Gasteiger partial charge >= 0.3 is 0 Å². The average Bonchev–Trinajstić information content (AvgIpc) is 2.47. The van der Waals surface area contributed by atoms with E-state index in [4.69, 9.17) is 0 Å². The summed E-state index contributed by atoms with van der Waals surface area (Å²) in [5.74, 6) is 0.0477. The third kappa shape index (κ3) is 4.05. The molecule has 110 valence electrons. The lowest BCUT2D eigenvalue weighted by atomic mass is 10.0. The normalized spacial score (nSPS) is 16.1. The highest BCUT2D eigenvalue weighted by atomic mass is 16.1. The van der Waals surface area contributed by atoms with Crippen molar-refractivity contribution in [3.63, 3.8) is 0 Å². The van der Waals surface area contributed by atoms with Gasteiger partial charge in [-0.3, -0.25) is 4.79 Å². The smallest absolute Gasteiger partial charge is 0.251 e. The van der Waals surface area contributed by atoms with Crippen LogP contribution in [0, 0.1) is 13.8 Å². The molecule has 0 aliphatic carbocycles. The number of carbonyl (C=O) groups excluding carboxylic acids is 1. The molecule has 1 heterocycles. The van der Waals surface area contributed by atoms with Crippen molar-refractivity contribution in [2.24, 2.45) is 0 Å². The third-order valence-corrected chi connectivity index (χ3v) is 4.00. The number of benzene rings is 1. The standard InChI is InChI=1S/C16H25N3O/c1-13-5-3-6-15(14(13)2)16(20)18-7-4-10-19-11-8-17-9-12-19/h3,5-6,17H,4,7-12H2,1-2H3,(H,18,20). The van der Waals surface area contributed by atoms with Crippen LogP contribution in [0.15, 0.2) is 18.2 Å². The molecular formula is C16H25N3O. The van der Waals surface area contributed by atoms with Crippen molar-refractivity contribution in [1.29, 1.82) is 0 Å². The second kappa shape index (κ2) is 7.41. The molecule has 0 saturated carbocycles. The Balaban J connectivity index is 1.73. The first-order valence-electron chi connectivity index (χ1n) is 7.46. The molecule has 2 rings (SSSR count). The van der Waals surface area contributed by atoms with Crippen molar-refractivity contribution >= 4 is 5.91 Å². The Morgan fingerprint density at radius 1 is 1.30 bits per heavy atom. The Labute approximate surface area is 121 Å². The molecule has 0 aromatic heterocycles. The molecule has 1 saturated heterocycles. The molecular weight excluding hydrogens is 250 g/mol. The summed E-state index contributed by atoms with van der Waals surface area (Å²) in [7, 11) is 0. The Hall–Kier alpha value is -1.39. The first-order chi connectivity index (χ1) is 9.68. The number of hydrogen-bond acceptors (Lipinski definition) is 3. The zero-order chi connectivity index (χ0) is 14.4. The Morgan fingerprint density at radius 3 is 2.80 bits per heavy atom. The van der Waals surface area contributed by atoms with Crippen LogP contribution in [0.4, 0.5) is 0 Å². The first kappa shape index (κ1) is 15.0. The van der Waals surface area contributed by atoms with Crippen molar-refractivity contribution in [1.82, 2.24) is 15.5 Å². The predicted octanol–water partition coefficient (Wildman–Crippen LogP) is 1.33. The molecule has 1 aliphatic heterocycles. The summed E-state index contributed by atoms with van der Waals surface area (Å²) in [5, 5.41) is 6.37. The lowest BCUT2D eigenvalue weighted by molar-refractivity contribution is 0.0950. The number of nitrogens with zero attached hydrogens (tertiary/aromatic N) is 1. The van der Waals surface area contributed by atoms with Gasteiger partial charge in [0.05, 0.1) is 0 Å². The maximum Gasteiger partial charge on any atom is 0.251 e. The van der Waals surface area contributed by atoms with Crippen LogP contribution in [0.1, 0.15) is 27.9 Å². The summed E-state index contributed by atoms with van der Waals surface area (Å²) < 4.78 is 0. The van der Waals surface area contributed by atoms with Gasteiger partial charge in [-0.15, -0.1) is 0 Å². The summed E-state index contributed by atoms with van der Waals surface area (Å²) in [6.07, 6.45) is 1.01. The zero-order valence-electron chi connectivity index (χ0n) is 12.5.